The molecule has 30 heavy (non-hydrogen) atoms. The summed E-state index contributed by atoms with van der Waals surface area (Å²) in [5.74, 6) is 2.58. The maximum absolute atomic E-state index is 11.6. The Kier molecular flexibility index (Phi) is 7.89. The molecule has 0 fully saturated rings. The summed E-state index contributed by atoms with van der Waals surface area (Å²) >= 11 is 0. The zero-order valence-electron chi connectivity index (χ0n) is 18.4. The molecule has 0 saturated carbocycles. The largest absolute Gasteiger partial charge is 0.492 e. The molecule has 3 rings (SSSR count). The van der Waals surface area contributed by atoms with Gasteiger partial charge in [0.25, 0.3) is 0 Å². The van der Waals surface area contributed by atoms with Gasteiger partial charge in [0, 0.05) is 19.4 Å². The van der Waals surface area contributed by atoms with Gasteiger partial charge in [0.2, 0.25) is 5.91 Å². The van der Waals surface area contributed by atoms with Crippen molar-refractivity contribution < 1.29 is 9.53 Å². The van der Waals surface area contributed by atoms with Gasteiger partial charge in [-0.1, -0.05) is 45.0 Å². The first-order valence-electron chi connectivity index (χ1n) is 11.0. The second kappa shape index (κ2) is 10.8. The van der Waals surface area contributed by atoms with E-state index in [0.717, 1.165) is 48.4 Å². The third kappa shape index (κ3) is 5.85. The van der Waals surface area contributed by atoms with E-state index in [9.17, 15) is 4.79 Å². The van der Waals surface area contributed by atoms with Crippen LogP contribution in [-0.2, 0) is 17.8 Å². The van der Waals surface area contributed by atoms with Crippen LogP contribution in [0.15, 0.2) is 48.5 Å². The molecule has 2 aromatic carbocycles. The topological polar surface area (TPSA) is 56.2 Å². The Balaban J connectivity index is 1.60. The predicted molar refractivity (Wildman–Crippen MR) is 122 cm³/mol. The minimum Gasteiger partial charge on any atom is -0.492 e. The number of hydrogen-bond donors (Lipinski definition) is 1. The molecule has 0 unspecified atom stereocenters. The quantitative estimate of drug-likeness (QED) is 0.451. The molecule has 5 nitrogen and oxygen atoms in total. The average Bonchev–Trinajstić information content (AvgIpc) is 3.09. The summed E-state index contributed by atoms with van der Waals surface area (Å²) in [5, 5.41) is 2.98. The number of nitrogens with zero attached hydrogens (tertiary/aromatic N) is 2. The lowest BCUT2D eigenvalue weighted by molar-refractivity contribution is -0.121. The number of imidazole rings is 1. The van der Waals surface area contributed by atoms with Gasteiger partial charge in [0.1, 0.15) is 18.2 Å². The Bertz CT molecular complexity index is 945. The lowest BCUT2D eigenvalue weighted by Gasteiger charge is -2.12. The van der Waals surface area contributed by atoms with Crippen molar-refractivity contribution in [2.45, 2.75) is 58.9 Å². The molecule has 0 aliphatic carbocycles. The summed E-state index contributed by atoms with van der Waals surface area (Å²) in [5.41, 5.74) is 3.45. The smallest absolute Gasteiger partial charge is 0.219 e. The van der Waals surface area contributed by atoms with E-state index in [1.54, 1.807) is 0 Å². The number of ether oxygens (including phenoxy) is 1. The van der Waals surface area contributed by atoms with Crippen molar-refractivity contribution >= 4 is 16.9 Å². The van der Waals surface area contributed by atoms with E-state index >= 15 is 0 Å². The summed E-state index contributed by atoms with van der Waals surface area (Å²) in [6.07, 6.45) is 3.16. The lowest BCUT2D eigenvalue weighted by Crippen LogP contribution is -2.24. The van der Waals surface area contributed by atoms with Gasteiger partial charge in [0.05, 0.1) is 17.6 Å². The van der Waals surface area contributed by atoms with Crippen LogP contribution >= 0.6 is 0 Å². The number of aryl methyl sites for hydroxylation is 1. The van der Waals surface area contributed by atoms with E-state index in [1.807, 2.05) is 37.3 Å². The third-order valence-electron chi connectivity index (χ3n) is 5.24. The van der Waals surface area contributed by atoms with Crippen molar-refractivity contribution in [1.82, 2.24) is 14.9 Å². The number of carbonyl (C=O) groups is 1. The van der Waals surface area contributed by atoms with Crippen molar-refractivity contribution in [3.63, 3.8) is 0 Å². The second-order valence-corrected chi connectivity index (χ2v) is 7.94. The Labute approximate surface area is 179 Å². The van der Waals surface area contributed by atoms with Crippen LogP contribution in [0.5, 0.6) is 5.75 Å². The molecule has 0 aliphatic heterocycles. The molecule has 1 amide bonds. The van der Waals surface area contributed by atoms with E-state index in [1.165, 1.54) is 5.56 Å². The normalized spacial score (nSPS) is 11.2. The fraction of sp³-hybridized carbons (Fsp3) is 0.440. The van der Waals surface area contributed by atoms with Gasteiger partial charge in [-0.05, 0) is 48.6 Å². The molecule has 0 radical (unpaired) electrons. The van der Waals surface area contributed by atoms with E-state index in [4.69, 9.17) is 9.72 Å². The molecule has 0 bridgehead atoms. The highest BCUT2D eigenvalue weighted by atomic mass is 16.5. The maximum atomic E-state index is 11.6. The van der Waals surface area contributed by atoms with Crippen molar-refractivity contribution in [3.8, 4) is 5.75 Å². The average molecular weight is 408 g/mol. The molecular weight excluding hydrogens is 374 g/mol. The van der Waals surface area contributed by atoms with Crippen LogP contribution in [0.1, 0.15) is 57.3 Å². The van der Waals surface area contributed by atoms with Crippen molar-refractivity contribution in [3.05, 3.63) is 59.9 Å². The van der Waals surface area contributed by atoms with Crippen LogP contribution in [0.2, 0.25) is 0 Å². The van der Waals surface area contributed by atoms with Gasteiger partial charge in [-0.3, -0.25) is 4.79 Å². The van der Waals surface area contributed by atoms with Gasteiger partial charge >= 0.3 is 0 Å². The number of para-hydroxylation sites is 2. The van der Waals surface area contributed by atoms with Crippen LogP contribution in [0.25, 0.3) is 11.0 Å². The van der Waals surface area contributed by atoms with Gasteiger partial charge in [-0.25, -0.2) is 4.98 Å². The molecule has 0 aliphatic rings. The van der Waals surface area contributed by atoms with Crippen LogP contribution in [0, 0.1) is 0 Å². The van der Waals surface area contributed by atoms with Crippen molar-refractivity contribution in [1.29, 1.82) is 0 Å². The highest BCUT2D eigenvalue weighted by Gasteiger charge is 2.11. The fourth-order valence-corrected chi connectivity index (χ4v) is 3.56. The number of carbonyl (C=O) groups excluding carboxylic acids is 1. The summed E-state index contributed by atoms with van der Waals surface area (Å²) in [6, 6.07) is 16.6. The monoisotopic (exact) mass is 407 g/mol. The maximum Gasteiger partial charge on any atom is 0.219 e. The summed E-state index contributed by atoms with van der Waals surface area (Å²) in [4.78, 5) is 16.5. The van der Waals surface area contributed by atoms with Gasteiger partial charge in [-0.2, -0.15) is 0 Å². The summed E-state index contributed by atoms with van der Waals surface area (Å²) < 4.78 is 8.24. The van der Waals surface area contributed by atoms with E-state index in [2.05, 4.69) is 41.9 Å². The first kappa shape index (κ1) is 21.9. The number of nitrogens with one attached hydrogen (secondary N) is 1. The first-order chi connectivity index (χ1) is 14.6. The van der Waals surface area contributed by atoms with Crippen molar-refractivity contribution in [2.75, 3.05) is 13.2 Å². The Hall–Kier alpha value is -2.82. The Morgan fingerprint density at radius 1 is 1.13 bits per heavy atom. The molecule has 0 saturated heterocycles. The molecule has 1 heterocycles. The van der Waals surface area contributed by atoms with Crippen LogP contribution in [0.3, 0.4) is 0 Å². The Morgan fingerprint density at radius 2 is 1.90 bits per heavy atom. The third-order valence-corrected chi connectivity index (χ3v) is 5.24. The molecule has 5 heteroatoms. The van der Waals surface area contributed by atoms with E-state index in [0.29, 0.717) is 25.5 Å². The first-order valence-corrected chi connectivity index (χ1v) is 11.0. The van der Waals surface area contributed by atoms with Crippen LogP contribution in [-0.4, -0.2) is 28.6 Å². The lowest BCUT2D eigenvalue weighted by atomic mass is 10.0. The van der Waals surface area contributed by atoms with E-state index in [-0.39, 0.29) is 5.91 Å². The second-order valence-electron chi connectivity index (χ2n) is 7.94. The molecule has 1 N–H and O–H groups in total. The van der Waals surface area contributed by atoms with Crippen LogP contribution in [0.4, 0.5) is 0 Å². The number of aromatic nitrogens is 2. The summed E-state index contributed by atoms with van der Waals surface area (Å²) in [6.45, 7) is 8.41. The number of rotatable bonds is 11. The van der Waals surface area contributed by atoms with Crippen LogP contribution < -0.4 is 10.1 Å². The number of hydrogen-bond acceptors (Lipinski definition) is 3. The Morgan fingerprint density at radius 3 is 2.63 bits per heavy atom. The zero-order chi connectivity index (χ0) is 21.3. The SMILES string of the molecule is CCCC(=O)NCCCc1nc2ccccc2n1CCOc1ccc(C(C)C)cc1. The van der Waals surface area contributed by atoms with Gasteiger partial charge < -0.3 is 14.6 Å². The fourth-order valence-electron chi connectivity index (χ4n) is 3.56. The number of fused-ring (bicyclic) bond motifs is 1. The standard InChI is InChI=1S/C25H33N3O2/c1-4-8-25(29)26-16-7-11-24-27-22-9-5-6-10-23(22)28(24)17-18-30-21-14-12-20(13-15-21)19(2)3/h5-6,9-10,12-15,19H,4,7-8,11,16-18H2,1-3H3,(H,26,29). The summed E-state index contributed by atoms with van der Waals surface area (Å²) in [7, 11) is 0. The highest BCUT2D eigenvalue weighted by molar-refractivity contribution is 5.76. The van der Waals surface area contributed by atoms with Gasteiger partial charge in [-0.15, -0.1) is 0 Å². The molecular formula is C25H33N3O2. The molecule has 0 spiro atoms. The molecule has 160 valence electrons. The number of benzene rings is 2. The molecule has 3 aromatic rings. The highest BCUT2D eigenvalue weighted by Crippen LogP contribution is 2.20. The minimum absolute atomic E-state index is 0.128. The van der Waals surface area contributed by atoms with E-state index < -0.39 is 0 Å². The molecule has 1 aromatic heterocycles. The van der Waals surface area contributed by atoms with Gasteiger partial charge in [0.15, 0.2) is 0 Å². The number of amides is 1. The molecule has 0 atom stereocenters. The zero-order valence-corrected chi connectivity index (χ0v) is 18.4. The minimum atomic E-state index is 0.128. The van der Waals surface area contributed by atoms with Crippen molar-refractivity contribution in [2.24, 2.45) is 0 Å². The predicted octanol–water partition coefficient (Wildman–Crippen LogP) is 5.09.